The largest absolute Gasteiger partial charge is 0.494 e. The number of nitrogens with zero attached hydrogens (tertiary/aromatic N) is 1. The van der Waals surface area contributed by atoms with Crippen molar-refractivity contribution in [1.29, 1.82) is 0 Å². The molecule has 41 heavy (non-hydrogen) atoms. The number of amides is 1. The minimum absolute atomic E-state index is 0.204. The number of carbonyl (C=O) groups excluding carboxylic acids is 2. The van der Waals surface area contributed by atoms with Crippen LogP contribution >= 0.6 is 22.9 Å². The van der Waals surface area contributed by atoms with Crippen molar-refractivity contribution in [3.05, 3.63) is 99.9 Å². The van der Waals surface area contributed by atoms with E-state index < -0.39 is 5.97 Å². The predicted molar refractivity (Wildman–Crippen MR) is 166 cm³/mol. The van der Waals surface area contributed by atoms with Gasteiger partial charge in [-0.1, -0.05) is 61.0 Å². The second-order valence-corrected chi connectivity index (χ2v) is 11.0. The van der Waals surface area contributed by atoms with E-state index in [1.165, 1.54) is 11.3 Å². The van der Waals surface area contributed by atoms with Crippen LogP contribution in [-0.2, 0) is 4.74 Å². The fourth-order valence-corrected chi connectivity index (χ4v) is 5.92. The number of aryl methyl sites for hydroxylation is 1. The number of nitrogens with one attached hydrogen (secondary N) is 1. The molecule has 0 fully saturated rings. The van der Waals surface area contributed by atoms with Gasteiger partial charge in [-0.05, 0) is 62.2 Å². The highest BCUT2D eigenvalue weighted by Crippen LogP contribution is 2.41. The van der Waals surface area contributed by atoms with Crippen LogP contribution in [0.25, 0.3) is 33.3 Å². The molecule has 0 saturated heterocycles. The minimum Gasteiger partial charge on any atom is -0.494 e. The first kappa shape index (κ1) is 28.3. The fourth-order valence-electron chi connectivity index (χ4n) is 4.67. The maximum absolute atomic E-state index is 13.9. The summed E-state index contributed by atoms with van der Waals surface area (Å²) in [6.07, 6.45) is 0.901. The normalized spacial score (nSPS) is 10.9. The van der Waals surface area contributed by atoms with Crippen LogP contribution in [0.1, 0.15) is 45.9 Å². The zero-order chi connectivity index (χ0) is 28.9. The lowest BCUT2D eigenvalue weighted by atomic mass is 10.0. The number of aromatic nitrogens is 1. The SMILES string of the molecule is CCCOc1cccc(-c2cc(C(=O)Nc3sc(C)c(-c4cccc(Cl)c4)c3C(=O)OCC)c3ccccc3n2)c1. The number of pyridine rings is 1. The molecular weight excluding hydrogens is 556 g/mol. The molecule has 0 atom stereocenters. The van der Waals surface area contributed by atoms with E-state index in [9.17, 15) is 9.59 Å². The summed E-state index contributed by atoms with van der Waals surface area (Å²) in [6.45, 7) is 6.53. The van der Waals surface area contributed by atoms with Crippen LogP contribution < -0.4 is 10.1 Å². The Bertz CT molecular complexity index is 1750. The van der Waals surface area contributed by atoms with Crippen molar-refractivity contribution < 1.29 is 19.1 Å². The van der Waals surface area contributed by atoms with Crippen LogP contribution in [0.4, 0.5) is 5.00 Å². The smallest absolute Gasteiger partial charge is 0.341 e. The molecule has 1 amide bonds. The summed E-state index contributed by atoms with van der Waals surface area (Å²) >= 11 is 7.60. The third-order valence-corrected chi connectivity index (χ3v) is 7.72. The number of thiophene rings is 1. The fraction of sp³-hybridized carbons (Fsp3) is 0.182. The zero-order valence-electron chi connectivity index (χ0n) is 23.0. The van der Waals surface area contributed by atoms with Crippen molar-refractivity contribution in [3.63, 3.8) is 0 Å². The highest BCUT2D eigenvalue weighted by Gasteiger charge is 2.26. The first-order chi connectivity index (χ1) is 19.9. The number of ether oxygens (including phenoxy) is 2. The van der Waals surface area contributed by atoms with Crippen LogP contribution in [0.2, 0.25) is 5.02 Å². The maximum atomic E-state index is 13.9. The third kappa shape index (κ3) is 6.11. The first-order valence-electron chi connectivity index (χ1n) is 13.4. The Morgan fingerprint density at radius 1 is 0.951 bits per heavy atom. The first-order valence-corrected chi connectivity index (χ1v) is 14.6. The number of esters is 1. The molecule has 0 radical (unpaired) electrons. The van der Waals surface area contributed by atoms with Gasteiger partial charge in [0.1, 0.15) is 16.3 Å². The van der Waals surface area contributed by atoms with Crippen LogP contribution in [0, 0.1) is 6.92 Å². The molecule has 8 heteroatoms. The molecular formula is C33H29ClN2O4S. The van der Waals surface area contributed by atoms with E-state index in [0.717, 1.165) is 28.2 Å². The number of anilines is 1. The Kier molecular flexibility index (Phi) is 8.67. The van der Waals surface area contributed by atoms with E-state index in [1.54, 1.807) is 25.1 Å². The van der Waals surface area contributed by atoms with Gasteiger partial charge in [0.2, 0.25) is 0 Å². The standard InChI is InChI=1S/C33H29ClN2O4S/c1-4-16-40-24-13-9-10-21(18-24)28-19-26(25-14-6-7-15-27(25)35-28)31(37)36-32-30(33(38)39-5-2)29(20(3)41-32)22-11-8-12-23(34)17-22/h6-15,17-19H,4-5,16H2,1-3H3,(H,36,37). The molecule has 0 aliphatic carbocycles. The van der Waals surface area contributed by atoms with Crippen LogP contribution in [0.5, 0.6) is 5.75 Å². The molecule has 5 aromatic rings. The zero-order valence-corrected chi connectivity index (χ0v) is 24.6. The quantitative estimate of drug-likeness (QED) is 0.175. The Morgan fingerprint density at radius 3 is 2.51 bits per heavy atom. The molecule has 0 aliphatic rings. The molecule has 3 aromatic carbocycles. The van der Waals surface area contributed by atoms with Crippen LogP contribution in [-0.4, -0.2) is 30.1 Å². The number of benzene rings is 3. The molecule has 0 spiro atoms. The van der Waals surface area contributed by atoms with Gasteiger partial charge in [-0.15, -0.1) is 11.3 Å². The monoisotopic (exact) mass is 584 g/mol. The van der Waals surface area contributed by atoms with Gasteiger partial charge in [-0.3, -0.25) is 4.79 Å². The van der Waals surface area contributed by atoms with Gasteiger partial charge >= 0.3 is 5.97 Å². The number of halogens is 1. The number of carbonyl (C=O) groups is 2. The van der Waals surface area contributed by atoms with Gasteiger partial charge in [0.15, 0.2) is 0 Å². The second kappa shape index (κ2) is 12.5. The molecule has 5 rings (SSSR count). The lowest BCUT2D eigenvalue weighted by Gasteiger charge is -2.12. The molecule has 0 unspecified atom stereocenters. The van der Waals surface area contributed by atoms with E-state index >= 15 is 0 Å². The van der Waals surface area contributed by atoms with Gasteiger partial charge < -0.3 is 14.8 Å². The van der Waals surface area contributed by atoms with E-state index in [1.807, 2.05) is 67.6 Å². The Hall–Kier alpha value is -4.20. The second-order valence-electron chi connectivity index (χ2n) is 9.37. The summed E-state index contributed by atoms with van der Waals surface area (Å²) in [7, 11) is 0. The predicted octanol–water partition coefficient (Wildman–Crippen LogP) is 8.81. The average molecular weight is 585 g/mol. The Balaban J connectivity index is 1.59. The van der Waals surface area contributed by atoms with Gasteiger partial charge in [-0.25, -0.2) is 9.78 Å². The molecule has 6 nitrogen and oxygen atoms in total. The van der Waals surface area contributed by atoms with E-state index in [4.69, 9.17) is 26.1 Å². The molecule has 1 N–H and O–H groups in total. The average Bonchev–Trinajstić information content (AvgIpc) is 3.31. The van der Waals surface area contributed by atoms with Crippen molar-refractivity contribution in [1.82, 2.24) is 4.98 Å². The molecule has 2 heterocycles. The summed E-state index contributed by atoms with van der Waals surface area (Å²) in [6, 6.07) is 24.2. The molecule has 0 aliphatic heterocycles. The van der Waals surface area contributed by atoms with Crippen molar-refractivity contribution in [2.45, 2.75) is 27.2 Å². The highest BCUT2D eigenvalue weighted by molar-refractivity contribution is 7.17. The molecule has 0 bridgehead atoms. The van der Waals surface area contributed by atoms with Gasteiger partial charge in [0, 0.05) is 26.4 Å². The molecule has 0 saturated carbocycles. The van der Waals surface area contributed by atoms with Gasteiger partial charge in [0.25, 0.3) is 5.91 Å². The van der Waals surface area contributed by atoms with Crippen molar-refractivity contribution in [2.75, 3.05) is 18.5 Å². The molecule has 2 aromatic heterocycles. The number of rotatable bonds is 9. The molecule has 208 valence electrons. The summed E-state index contributed by atoms with van der Waals surface area (Å²) in [5.74, 6) is -0.119. The van der Waals surface area contributed by atoms with E-state index in [0.29, 0.717) is 49.9 Å². The topological polar surface area (TPSA) is 77.5 Å². The van der Waals surface area contributed by atoms with Crippen LogP contribution in [0.3, 0.4) is 0 Å². The lowest BCUT2D eigenvalue weighted by Crippen LogP contribution is -2.15. The van der Waals surface area contributed by atoms with Crippen molar-refractivity contribution in [3.8, 4) is 28.1 Å². The lowest BCUT2D eigenvalue weighted by molar-refractivity contribution is 0.0529. The van der Waals surface area contributed by atoms with Crippen molar-refractivity contribution in [2.24, 2.45) is 0 Å². The van der Waals surface area contributed by atoms with Crippen molar-refractivity contribution >= 4 is 50.7 Å². The summed E-state index contributed by atoms with van der Waals surface area (Å²) in [5, 5.41) is 4.68. The summed E-state index contributed by atoms with van der Waals surface area (Å²) in [5.41, 5.74) is 4.37. The third-order valence-electron chi connectivity index (χ3n) is 6.47. The van der Waals surface area contributed by atoms with Crippen LogP contribution in [0.15, 0.2) is 78.9 Å². The Labute approximate surface area is 247 Å². The summed E-state index contributed by atoms with van der Waals surface area (Å²) in [4.78, 5) is 32.8. The Morgan fingerprint density at radius 2 is 1.73 bits per heavy atom. The van der Waals surface area contributed by atoms with E-state index in [2.05, 4.69) is 12.2 Å². The van der Waals surface area contributed by atoms with E-state index in [-0.39, 0.29) is 12.5 Å². The maximum Gasteiger partial charge on any atom is 0.341 e. The highest BCUT2D eigenvalue weighted by atomic mass is 35.5. The number of fused-ring (bicyclic) bond motifs is 1. The number of hydrogen-bond donors (Lipinski definition) is 1. The van der Waals surface area contributed by atoms with Gasteiger partial charge in [-0.2, -0.15) is 0 Å². The number of hydrogen-bond acceptors (Lipinski definition) is 6. The summed E-state index contributed by atoms with van der Waals surface area (Å²) < 4.78 is 11.2. The number of para-hydroxylation sites is 1. The minimum atomic E-state index is -0.508. The van der Waals surface area contributed by atoms with Gasteiger partial charge in [0.05, 0.1) is 30.0 Å².